The molecule has 0 atom stereocenters. The maximum atomic E-state index is 14.1. The molecule has 0 bridgehead atoms. The summed E-state index contributed by atoms with van der Waals surface area (Å²) in [5.41, 5.74) is 11.7. The van der Waals surface area contributed by atoms with Crippen molar-refractivity contribution >= 4 is 17.3 Å². The lowest BCUT2D eigenvalue weighted by atomic mass is 10.0. The van der Waals surface area contributed by atoms with Gasteiger partial charge in [-0.05, 0) is 32.9 Å². The molecule has 1 saturated heterocycles. The minimum Gasteiger partial charge on any atom is -0.398 e. The number of primary amides is 1. The Balaban J connectivity index is 2.21. The highest BCUT2D eigenvalue weighted by Gasteiger charge is 2.27. The van der Waals surface area contributed by atoms with Crippen LogP contribution in [0.5, 0.6) is 0 Å². The van der Waals surface area contributed by atoms with E-state index in [2.05, 4.69) is 25.7 Å². The van der Waals surface area contributed by atoms with Gasteiger partial charge in [0.2, 0.25) is 0 Å². The number of anilines is 2. The predicted molar refractivity (Wildman–Crippen MR) is 82.9 cm³/mol. The van der Waals surface area contributed by atoms with E-state index in [0.29, 0.717) is 18.8 Å². The average molecular weight is 294 g/mol. The Labute approximate surface area is 124 Å². The largest absolute Gasteiger partial charge is 0.398 e. The second-order valence-corrected chi connectivity index (χ2v) is 6.40. The number of halogens is 1. The maximum absolute atomic E-state index is 14.1. The van der Waals surface area contributed by atoms with Crippen molar-refractivity contribution in [3.63, 3.8) is 0 Å². The zero-order chi connectivity index (χ0) is 15.8. The van der Waals surface area contributed by atoms with Crippen LogP contribution in [0, 0.1) is 5.82 Å². The molecule has 5 nitrogen and oxygen atoms in total. The number of benzene rings is 1. The summed E-state index contributed by atoms with van der Waals surface area (Å²) < 4.78 is 14.1. The van der Waals surface area contributed by atoms with Crippen molar-refractivity contribution in [1.29, 1.82) is 0 Å². The van der Waals surface area contributed by atoms with E-state index in [0.717, 1.165) is 13.1 Å². The predicted octanol–water partition coefficient (Wildman–Crippen LogP) is 1.43. The molecule has 6 heteroatoms. The van der Waals surface area contributed by atoms with Crippen molar-refractivity contribution in [3.8, 4) is 0 Å². The second kappa shape index (κ2) is 5.52. The van der Waals surface area contributed by atoms with E-state index in [1.54, 1.807) is 0 Å². The van der Waals surface area contributed by atoms with Crippen LogP contribution in [0.3, 0.4) is 0 Å². The van der Waals surface area contributed by atoms with E-state index >= 15 is 0 Å². The Morgan fingerprint density at radius 2 is 1.76 bits per heavy atom. The molecule has 0 aliphatic carbocycles. The molecule has 1 aromatic carbocycles. The maximum Gasteiger partial charge on any atom is 0.250 e. The number of amides is 1. The summed E-state index contributed by atoms with van der Waals surface area (Å²) >= 11 is 0. The quantitative estimate of drug-likeness (QED) is 0.809. The number of carbonyl (C=O) groups excluding carboxylic acids is 1. The first-order valence-electron chi connectivity index (χ1n) is 7.09. The van der Waals surface area contributed by atoms with Crippen LogP contribution < -0.4 is 16.4 Å². The van der Waals surface area contributed by atoms with Crippen molar-refractivity contribution in [2.45, 2.75) is 26.3 Å². The van der Waals surface area contributed by atoms with Gasteiger partial charge < -0.3 is 16.4 Å². The van der Waals surface area contributed by atoms with Gasteiger partial charge in [0.15, 0.2) is 0 Å². The van der Waals surface area contributed by atoms with Crippen molar-refractivity contribution in [3.05, 3.63) is 23.5 Å². The van der Waals surface area contributed by atoms with Gasteiger partial charge in [0.1, 0.15) is 5.82 Å². The van der Waals surface area contributed by atoms with Crippen LogP contribution in [0.15, 0.2) is 12.1 Å². The zero-order valence-corrected chi connectivity index (χ0v) is 12.8. The lowest BCUT2D eigenvalue weighted by Crippen LogP contribution is -2.53. The number of hydrogen-bond donors (Lipinski definition) is 2. The van der Waals surface area contributed by atoms with Crippen LogP contribution >= 0.6 is 0 Å². The Morgan fingerprint density at radius 3 is 2.24 bits per heavy atom. The van der Waals surface area contributed by atoms with E-state index in [4.69, 9.17) is 11.5 Å². The van der Waals surface area contributed by atoms with Gasteiger partial charge >= 0.3 is 0 Å². The SMILES string of the molecule is CC(C)(C)N1CCN(c2cc(C(N)=O)c(N)cc2F)CC1. The first kappa shape index (κ1) is 15.6. The molecule has 0 saturated carbocycles. The second-order valence-electron chi connectivity index (χ2n) is 6.40. The summed E-state index contributed by atoms with van der Waals surface area (Å²) in [6.45, 7) is 9.60. The van der Waals surface area contributed by atoms with Gasteiger partial charge in [-0.2, -0.15) is 0 Å². The van der Waals surface area contributed by atoms with Crippen LogP contribution in [0.1, 0.15) is 31.1 Å². The van der Waals surface area contributed by atoms with Gasteiger partial charge in [0.25, 0.3) is 5.91 Å². The normalized spacial score (nSPS) is 17.0. The molecule has 0 radical (unpaired) electrons. The van der Waals surface area contributed by atoms with Crippen molar-refractivity contribution < 1.29 is 9.18 Å². The number of nitrogens with zero attached hydrogens (tertiary/aromatic N) is 2. The Kier molecular flexibility index (Phi) is 4.09. The first-order chi connectivity index (χ1) is 9.70. The molecular weight excluding hydrogens is 271 g/mol. The highest BCUT2D eigenvalue weighted by Crippen LogP contribution is 2.27. The molecule has 1 fully saturated rings. The topological polar surface area (TPSA) is 75.6 Å². The van der Waals surface area contributed by atoms with Crippen molar-refractivity contribution in [2.24, 2.45) is 5.73 Å². The molecule has 116 valence electrons. The fraction of sp³-hybridized carbons (Fsp3) is 0.533. The average Bonchev–Trinajstić information content (AvgIpc) is 2.37. The fourth-order valence-corrected chi connectivity index (χ4v) is 2.65. The third-order valence-corrected chi connectivity index (χ3v) is 3.95. The van der Waals surface area contributed by atoms with Crippen LogP contribution in [-0.4, -0.2) is 42.5 Å². The van der Waals surface area contributed by atoms with E-state index in [1.807, 2.05) is 4.90 Å². The lowest BCUT2D eigenvalue weighted by Gasteiger charge is -2.43. The molecule has 1 heterocycles. The first-order valence-corrected chi connectivity index (χ1v) is 7.09. The smallest absolute Gasteiger partial charge is 0.250 e. The number of hydrogen-bond acceptors (Lipinski definition) is 4. The van der Waals surface area contributed by atoms with Crippen molar-refractivity contribution in [2.75, 3.05) is 36.8 Å². The van der Waals surface area contributed by atoms with Gasteiger partial charge in [-0.1, -0.05) is 0 Å². The number of rotatable bonds is 2. The molecule has 0 unspecified atom stereocenters. The minimum atomic E-state index is -0.637. The number of carbonyl (C=O) groups is 1. The summed E-state index contributed by atoms with van der Waals surface area (Å²) in [5.74, 6) is -1.05. The van der Waals surface area contributed by atoms with Crippen LogP contribution in [-0.2, 0) is 0 Å². The van der Waals surface area contributed by atoms with Gasteiger partial charge in [-0.25, -0.2) is 4.39 Å². The molecule has 1 amide bonds. The number of nitrogens with two attached hydrogens (primary N) is 2. The summed E-state index contributed by atoms with van der Waals surface area (Å²) in [7, 11) is 0. The molecule has 2 rings (SSSR count). The van der Waals surface area contributed by atoms with E-state index in [-0.39, 0.29) is 16.8 Å². The molecule has 1 aromatic rings. The zero-order valence-electron chi connectivity index (χ0n) is 12.8. The minimum absolute atomic E-state index is 0.0806. The summed E-state index contributed by atoms with van der Waals surface area (Å²) in [6.07, 6.45) is 0. The van der Waals surface area contributed by atoms with Crippen molar-refractivity contribution in [1.82, 2.24) is 4.90 Å². The summed E-state index contributed by atoms with van der Waals surface area (Å²) in [4.78, 5) is 15.6. The lowest BCUT2D eigenvalue weighted by molar-refractivity contribution is 0.100. The van der Waals surface area contributed by atoms with Gasteiger partial charge in [-0.15, -0.1) is 0 Å². The van der Waals surface area contributed by atoms with Crippen LogP contribution in [0.25, 0.3) is 0 Å². The van der Waals surface area contributed by atoms with E-state index < -0.39 is 11.7 Å². The van der Waals surface area contributed by atoms with E-state index in [9.17, 15) is 9.18 Å². The summed E-state index contributed by atoms with van der Waals surface area (Å²) in [5, 5.41) is 0. The highest BCUT2D eigenvalue weighted by molar-refractivity contribution is 5.99. The fourth-order valence-electron chi connectivity index (χ4n) is 2.65. The molecule has 0 spiro atoms. The molecule has 21 heavy (non-hydrogen) atoms. The monoisotopic (exact) mass is 294 g/mol. The molecule has 1 aliphatic rings. The Hall–Kier alpha value is -1.82. The molecule has 0 aromatic heterocycles. The highest BCUT2D eigenvalue weighted by atomic mass is 19.1. The van der Waals surface area contributed by atoms with Crippen LogP contribution in [0.4, 0.5) is 15.8 Å². The Morgan fingerprint density at radius 1 is 1.19 bits per heavy atom. The van der Waals surface area contributed by atoms with Gasteiger partial charge in [-0.3, -0.25) is 9.69 Å². The van der Waals surface area contributed by atoms with Crippen LogP contribution in [0.2, 0.25) is 0 Å². The van der Waals surface area contributed by atoms with Gasteiger partial charge in [0, 0.05) is 37.4 Å². The third kappa shape index (κ3) is 3.26. The van der Waals surface area contributed by atoms with E-state index in [1.165, 1.54) is 12.1 Å². The van der Waals surface area contributed by atoms with Gasteiger partial charge in [0.05, 0.1) is 11.3 Å². The number of piperazine rings is 1. The molecule has 1 aliphatic heterocycles. The third-order valence-electron chi connectivity index (χ3n) is 3.95. The molecular formula is C15H23FN4O. The standard InChI is InChI=1S/C15H23FN4O/c1-15(2,3)20-6-4-19(5-7-20)13-8-10(14(18)21)12(17)9-11(13)16/h8-9H,4-7,17H2,1-3H3,(H2,18,21). The number of nitrogen functional groups attached to an aromatic ring is 1. The molecule has 4 N–H and O–H groups in total. The summed E-state index contributed by atoms with van der Waals surface area (Å²) in [6, 6.07) is 2.63. The Bertz CT molecular complexity index is 545.